The third-order valence-corrected chi connectivity index (χ3v) is 5.88. The van der Waals surface area contributed by atoms with Gasteiger partial charge in [0, 0.05) is 0 Å². The molecule has 0 aliphatic carbocycles. The third kappa shape index (κ3) is 4.22. The summed E-state index contributed by atoms with van der Waals surface area (Å²) in [5.74, 6) is 5.59. The molecule has 0 bridgehead atoms. The Labute approximate surface area is 115 Å². The van der Waals surface area contributed by atoms with E-state index in [1.54, 1.807) is 0 Å². The molecular weight excluding hydrogens is 223 g/mol. The van der Waals surface area contributed by atoms with E-state index in [0.717, 1.165) is 35.1 Å². The standard InChI is InChI=1S/C15H31BS/c1-5-6-7-8-9-14-12(3)11(2)13(4)15(10-17)16-14/h11-17H,5-10H2,1-4H3/t11?,12-,13?,14?,15?/m1/s1. The lowest BCUT2D eigenvalue weighted by molar-refractivity contribution is 0.231. The minimum Gasteiger partial charge on any atom is -0.180 e. The fraction of sp³-hybridized carbons (Fsp3) is 1.00. The maximum atomic E-state index is 4.56. The van der Waals surface area contributed by atoms with Crippen LogP contribution < -0.4 is 0 Å². The Morgan fingerprint density at radius 1 is 0.882 bits per heavy atom. The first kappa shape index (κ1) is 15.5. The van der Waals surface area contributed by atoms with E-state index in [9.17, 15) is 0 Å². The van der Waals surface area contributed by atoms with Crippen molar-refractivity contribution in [3.8, 4) is 0 Å². The van der Waals surface area contributed by atoms with E-state index in [2.05, 4.69) is 40.3 Å². The van der Waals surface area contributed by atoms with Crippen LogP contribution in [-0.4, -0.2) is 13.0 Å². The molecule has 1 saturated heterocycles. The van der Waals surface area contributed by atoms with Gasteiger partial charge in [-0.25, -0.2) is 0 Å². The normalized spacial score (nSPS) is 37.8. The van der Waals surface area contributed by atoms with E-state index in [-0.39, 0.29) is 0 Å². The van der Waals surface area contributed by atoms with Crippen LogP contribution in [0.15, 0.2) is 0 Å². The Morgan fingerprint density at radius 2 is 1.53 bits per heavy atom. The Bertz CT molecular complexity index is 205. The molecule has 0 aromatic heterocycles. The Morgan fingerprint density at radius 3 is 2.12 bits per heavy atom. The summed E-state index contributed by atoms with van der Waals surface area (Å²) in [6.45, 7) is 9.68. The molecule has 100 valence electrons. The van der Waals surface area contributed by atoms with Crippen LogP contribution in [0.25, 0.3) is 0 Å². The number of rotatable bonds is 6. The van der Waals surface area contributed by atoms with Gasteiger partial charge in [-0.15, -0.1) is 0 Å². The summed E-state index contributed by atoms with van der Waals surface area (Å²) in [5.41, 5.74) is 0. The molecule has 0 amide bonds. The van der Waals surface area contributed by atoms with Crippen molar-refractivity contribution in [2.45, 2.75) is 71.4 Å². The van der Waals surface area contributed by atoms with Crippen LogP contribution >= 0.6 is 12.6 Å². The summed E-state index contributed by atoms with van der Waals surface area (Å²) in [6.07, 6.45) is 7.12. The lowest BCUT2D eigenvalue weighted by Crippen LogP contribution is -2.36. The van der Waals surface area contributed by atoms with Gasteiger partial charge in [-0.1, -0.05) is 71.4 Å². The van der Waals surface area contributed by atoms with E-state index in [1.807, 2.05) is 0 Å². The van der Waals surface area contributed by atoms with Crippen molar-refractivity contribution in [3.63, 3.8) is 0 Å². The highest BCUT2D eigenvalue weighted by atomic mass is 32.1. The molecule has 1 fully saturated rings. The summed E-state index contributed by atoms with van der Waals surface area (Å²) in [4.78, 5) is 0. The van der Waals surface area contributed by atoms with Gasteiger partial charge in [-0.2, -0.15) is 12.6 Å². The maximum absolute atomic E-state index is 4.56. The van der Waals surface area contributed by atoms with Crippen LogP contribution in [0.2, 0.25) is 11.6 Å². The molecule has 0 nitrogen and oxygen atoms in total. The van der Waals surface area contributed by atoms with Gasteiger partial charge in [-0.3, -0.25) is 0 Å². The largest absolute Gasteiger partial charge is 0.180 e. The van der Waals surface area contributed by atoms with Crippen molar-refractivity contribution in [2.75, 3.05) is 5.75 Å². The molecule has 0 N–H and O–H groups in total. The predicted molar refractivity (Wildman–Crippen MR) is 84.8 cm³/mol. The molecule has 17 heavy (non-hydrogen) atoms. The Balaban J connectivity index is 2.42. The number of unbranched alkanes of at least 4 members (excludes halogenated alkanes) is 3. The van der Waals surface area contributed by atoms with Gasteiger partial charge in [0.25, 0.3) is 0 Å². The van der Waals surface area contributed by atoms with E-state index in [1.165, 1.54) is 39.4 Å². The van der Waals surface area contributed by atoms with E-state index in [0.29, 0.717) is 0 Å². The SMILES string of the molecule is CCCCCCC1BC(CS)C(C)C(C)[C@H]1C. The van der Waals surface area contributed by atoms with Crippen LogP contribution in [-0.2, 0) is 0 Å². The van der Waals surface area contributed by atoms with Gasteiger partial charge >= 0.3 is 0 Å². The highest BCUT2D eigenvalue weighted by molar-refractivity contribution is 7.80. The van der Waals surface area contributed by atoms with Crippen molar-refractivity contribution < 1.29 is 0 Å². The summed E-state index contributed by atoms with van der Waals surface area (Å²) >= 11 is 4.56. The van der Waals surface area contributed by atoms with Gasteiger partial charge in [0.05, 0.1) is 0 Å². The monoisotopic (exact) mass is 254 g/mol. The average molecular weight is 254 g/mol. The zero-order chi connectivity index (χ0) is 12.8. The minimum absolute atomic E-state index is 0.862. The highest BCUT2D eigenvalue weighted by Crippen LogP contribution is 2.45. The average Bonchev–Trinajstić information content (AvgIpc) is 2.34. The van der Waals surface area contributed by atoms with Crippen molar-refractivity contribution in [2.24, 2.45) is 17.8 Å². The highest BCUT2D eigenvalue weighted by Gasteiger charge is 2.37. The van der Waals surface area contributed by atoms with Crippen molar-refractivity contribution in [1.82, 2.24) is 0 Å². The lowest BCUT2D eigenvalue weighted by Gasteiger charge is -2.43. The van der Waals surface area contributed by atoms with Crippen LogP contribution in [0.3, 0.4) is 0 Å². The zero-order valence-corrected chi connectivity index (χ0v) is 13.2. The molecule has 1 rings (SSSR count). The first-order chi connectivity index (χ1) is 8.11. The van der Waals surface area contributed by atoms with Crippen molar-refractivity contribution in [3.05, 3.63) is 0 Å². The predicted octanol–water partition coefficient (Wildman–Crippen LogP) is 4.82. The number of hydrogen-bond acceptors (Lipinski definition) is 1. The fourth-order valence-corrected chi connectivity index (χ4v) is 4.09. The third-order valence-electron chi connectivity index (χ3n) is 5.41. The molecule has 5 atom stereocenters. The molecule has 2 heteroatoms. The number of hydrogen-bond donors (Lipinski definition) is 1. The summed E-state index contributed by atoms with van der Waals surface area (Å²) in [7, 11) is 1.43. The number of thiol groups is 1. The summed E-state index contributed by atoms with van der Waals surface area (Å²) in [5, 5.41) is 0. The second-order valence-corrected chi connectivity index (χ2v) is 6.73. The molecule has 0 radical (unpaired) electrons. The van der Waals surface area contributed by atoms with Gasteiger partial charge < -0.3 is 0 Å². The molecule has 0 aromatic carbocycles. The van der Waals surface area contributed by atoms with E-state index in [4.69, 9.17) is 0 Å². The topological polar surface area (TPSA) is 0 Å². The quantitative estimate of drug-likeness (QED) is 0.392. The zero-order valence-electron chi connectivity index (χ0n) is 12.3. The van der Waals surface area contributed by atoms with Gasteiger partial charge in [0.2, 0.25) is 0 Å². The Hall–Kier alpha value is 0.415. The van der Waals surface area contributed by atoms with Gasteiger partial charge in [0.1, 0.15) is 7.28 Å². The maximum Gasteiger partial charge on any atom is 0.129 e. The first-order valence-corrected chi connectivity index (χ1v) is 8.35. The smallest absolute Gasteiger partial charge is 0.129 e. The molecule has 1 aliphatic rings. The second-order valence-electron chi connectivity index (χ2n) is 6.37. The van der Waals surface area contributed by atoms with Crippen LogP contribution in [0.1, 0.15) is 59.8 Å². The van der Waals surface area contributed by atoms with Gasteiger partial charge in [0.15, 0.2) is 0 Å². The van der Waals surface area contributed by atoms with Crippen LogP contribution in [0.4, 0.5) is 0 Å². The summed E-state index contributed by atoms with van der Waals surface area (Å²) < 4.78 is 0. The van der Waals surface area contributed by atoms with E-state index >= 15 is 0 Å². The molecule has 1 aliphatic heterocycles. The molecule has 4 unspecified atom stereocenters. The van der Waals surface area contributed by atoms with Crippen molar-refractivity contribution >= 4 is 19.9 Å². The fourth-order valence-electron chi connectivity index (χ4n) is 3.61. The molecule has 0 aromatic rings. The minimum atomic E-state index is 0.862. The van der Waals surface area contributed by atoms with E-state index < -0.39 is 0 Å². The van der Waals surface area contributed by atoms with Crippen LogP contribution in [0, 0.1) is 17.8 Å². The van der Waals surface area contributed by atoms with Crippen LogP contribution in [0.5, 0.6) is 0 Å². The van der Waals surface area contributed by atoms with Gasteiger partial charge in [-0.05, 0) is 23.5 Å². The Kier molecular flexibility index (Phi) is 7.07. The van der Waals surface area contributed by atoms with Crippen molar-refractivity contribution in [1.29, 1.82) is 0 Å². The molecule has 1 heterocycles. The second kappa shape index (κ2) is 7.76. The molecule has 0 saturated carbocycles. The summed E-state index contributed by atoms with van der Waals surface area (Å²) in [6, 6.07) is 0. The molecule has 0 spiro atoms. The lowest BCUT2D eigenvalue weighted by atomic mass is 9.41. The molecular formula is C15H31BS. The first-order valence-electron chi connectivity index (χ1n) is 7.72.